The molecule has 0 radical (unpaired) electrons. The average molecular weight is 203 g/mol. The predicted octanol–water partition coefficient (Wildman–Crippen LogP) is -1.32. The number of nitrogens with zero attached hydrogens (tertiary/aromatic N) is 1. The van der Waals surface area contributed by atoms with Crippen LogP contribution in [0, 0.1) is 0 Å². The lowest BCUT2D eigenvalue weighted by Gasteiger charge is -2.31. The molecule has 0 aliphatic carbocycles. The largest absolute Gasteiger partial charge is 0.481 e. The fourth-order valence-corrected chi connectivity index (χ4v) is 1.30. The molecule has 14 heavy (non-hydrogen) atoms. The molecule has 1 heterocycles. The van der Waals surface area contributed by atoms with Gasteiger partial charge in [-0.1, -0.05) is 0 Å². The van der Waals surface area contributed by atoms with Gasteiger partial charge < -0.3 is 19.8 Å². The van der Waals surface area contributed by atoms with Gasteiger partial charge in [0.1, 0.15) is 6.42 Å². The molecule has 80 valence electrons. The summed E-state index contributed by atoms with van der Waals surface area (Å²) >= 11 is 0. The Morgan fingerprint density at radius 3 is 2.79 bits per heavy atom. The van der Waals surface area contributed by atoms with Gasteiger partial charge in [-0.3, -0.25) is 9.59 Å². The second kappa shape index (κ2) is 4.92. The number of carboxylic acids is 1. The number of amides is 1. The summed E-state index contributed by atoms with van der Waals surface area (Å²) < 4.78 is 5.12. The van der Waals surface area contributed by atoms with Crippen molar-refractivity contribution in [3.05, 3.63) is 0 Å². The minimum atomic E-state index is -1.14. The SMILES string of the molecule is O=C(O)CC(=O)N1CCOC(CO)C1. The van der Waals surface area contributed by atoms with Crippen LogP contribution in [0.4, 0.5) is 0 Å². The minimum Gasteiger partial charge on any atom is -0.481 e. The van der Waals surface area contributed by atoms with Crippen LogP contribution in [0.3, 0.4) is 0 Å². The molecule has 1 aliphatic rings. The van der Waals surface area contributed by atoms with Crippen LogP contribution >= 0.6 is 0 Å². The van der Waals surface area contributed by atoms with Crippen LogP contribution in [0.2, 0.25) is 0 Å². The van der Waals surface area contributed by atoms with E-state index in [9.17, 15) is 9.59 Å². The zero-order valence-corrected chi connectivity index (χ0v) is 7.68. The van der Waals surface area contributed by atoms with Gasteiger partial charge in [0.15, 0.2) is 0 Å². The summed E-state index contributed by atoms with van der Waals surface area (Å²) in [4.78, 5) is 23.0. The molecular formula is C8H13NO5. The number of rotatable bonds is 3. The van der Waals surface area contributed by atoms with Crippen LogP contribution in [-0.2, 0) is 14.3 Å². The Labute approximate surface area is 81.1 Å². The number of aliphatic hydroxyl groups excluding tert-OH is 1. The van der Waals surface area contributed by atoms with Crippen LogP contribution in [0.1, 0.15) is 6.42 Å². The molecule has 1 saturated heterocycles. The molecule has 1 amide bonds. The molecule has 0 spiro atoms. The molecule has 1 aliphatic heterocycles. The predicted molar refractivity (Wildman–Crippen MR) is 45.7 cm³/mol. The van der Waals surface area contributed by atoms with Crippen LogP contribution in [0.25, 0.3) is 0 Å². The number of aliphatic hydroxyl groups is 1. The molecule has 1 rings (SSSR count). The first kappa shape index (κ1) is 10.9. The van der Waals surface area contributed by atoms with Crippen molar-refractivity contribution >= 4 is 11.9 Å². The van der Waals surface area contributed by atoms with Gasteiger partial charge in [0.05, 0.1) is 19.3 Å². The molecule has 2 N–H and O–H groups in total. The maximum atomic E-state index is 11.3. The number of carbonyl (C=O) groups is 2. The van der Waals surface area contributed by atoms with Crippen LogP contribution in [0.15, 0.2) is 0 Å². The first-order chi connectivity index (χ1) is 6.63. The fourth-order valence-electron chi connectivity index (χ4n) is 1.30. The van der Waals surface area contributed by atoms with Gasteiger partial charge in [0, 0.05) is 13.1 Å². The van der Waals surface area contributed by atoms with Crippen molar-refractivity contribution in [1.82, 2.24) is 4.90 Å². The van der Waals surface area contributed by atoms with E-state index in [0.29, 0.717) is 13.2 Å². The van der Waals surface area contributed by atoms with E-state index in [0.717, 1.165) is 0 Å². The third kappa shape index (κ3) is 2.97. The summed E-state index contributed by atoms with van der Waals surface area (Å²) in [6.45, 7) is 0.846. The smallest absolute Gasteiger partial charge is 0.312 e. The van der Waals surface area contributed by atoms with Gasteiger partial charge >= 0.3 is 5.97 Å². The Morgan fingerprint density at radius 2 is 2.21 bits per heavy atom. The van der Waals surface area contributed by atoms with E-state index in [2.05, 4.69) is 0 Å². The van der Waals surface area contributed by atoms with Gasteiger partial charge in [-0.15, -0.1) is 0 Å². The van der Waals surface area contributed by atoms with Crippen molar-refractivity contribution in [1.29, 1.82) is 0 Å². The summed E-state index contributed by atoms with van der Waals surface area (Å²) in [5, 5.41) is 17.2. The number of morpholine rings is 1. The Kier molecular flexibility index (Phi) is 3.84. The highest BCUT2D eigenvalue weighted by molar-refractivity contribution is 5.93. The number of carboxylic acid groups (broad SMARTS) is 1. The summed E-state index contributed by atoms with van der Waals surface area (Å²) in [7, 11) is 0. The number of carbonyl (C=O) groups excluding carboxylic acids is 1. The molecule has 1 unspecified atom stereocenters. The molecular weight excluding hydrogens is 190 g/mol. The Hall–Kier alpha value is -1.14. The van der Waals surface area contributed by atoms with E-state index < -0.39 is 18.3 Å². The molecule has 0 aromatic carbocycles. The number of hydrogen-bond donors (Lipinski definition) is 2. The molecule has 1 atom stereocenters. The van der Waals surface area contributed by atoms with Gasteiger partial charge in [-0.05, 0) is 0 Å². The van der Waals surface area contributed by atoms with E-state index in [1.807, 2.05) is 0 Å². The monoisotopic (exact) mass is 203 g/mol. The van der Waals surface area contributed by atoms with Crippen LogP contribution in [0.5, 0.6) is 0 Å². The molecule has 6 heteroatoms. The molecule has 0 saturated carbocycles. The summed E-state index contributed by atoms with van der Waals surface area (Å²) in [6.07, 6.45) is -0.889. The second-order valence-electron chi connectivity index (χ2n) is 3.09. The van der Waals surface area contributed by atoms with Crippen LogP contribution in [-0.4, -0.2) is 59.4 Å². The molecule has 6 nitrogen and oxygen atoms in total. The van der Waals surface area contributed by atoms with Gasteiger partial charge in [-0.2, -0.15) is 0 Å². The van der Waals surface area contributed by atoms with Gasteiger partial charge in [0.25, 0.3) is 0 Å². The van der Waals surface area contributed by atoms with Crippen molar-refractivity contribution in [2.75, 3.05) is 26.3 Å². The van der Waals surface area contributed by atoms with E-state index in [1.165, 1.54) is 4.90 Å². The molecule has 0 bridgehead atoms. The van der Waals surface area contributed by atoms with Crippen molar-refractivity contribution < 1.29 is 24.5 Å². The first-order valence-corrected chi connectivity index (χ1v) is 4.35. The zero-order valence-electron chi connectivity index (χ0n) is 7.68. The Bertz CT molecular complexity index is 230. The van der Waals surface area contributed by atoms with Gasteiger partial charge in [0.2, 0.25) is 5.91 Å². The Morgan fingerprint density at radius 1 is 1.50 bits per heavy atom. The van der Waals surface area contributed by atoms with Crippen molar-refractivity contribution in [2.45, 2.75) is 12.5 Å². The highest BCUT2D eigenvalue weighted by Gasteiger charge is 2.24. The van der Waals surface area contributed by atoms with Gasteiger partial charge in [-0.25, -0.2) is 0 Å². The first-order valence-electron chi connectivity index (χ1n) is 4.35. The third-order valence-electron chi connectivity index (χ3n) is 2.00. The fraction of sp³-hybridized carbons (Fsp3) is 0.750. The van der Waals surface area contributed by atoms with E-state index in [4.69, 9.17) is 14.9 Å². The summed E-state index contributed by atoms with van der Waals surface area (Å²) in [5.74, 6) is -1.57. The Balaban J connectivity index is 2.43. The highest BCUT2D eigenvalue weighted by atomic mass is 16.5. The zero-order chi connectivity index (χ0) is 10.6. The standard InChI is InChI=1S/C8H13NO5/c10-5-6-4-9(1-2-14-6)7(11)3-8(12)13/h6,10H,1-5H2,(H,12,13). The minimum absolute atomic E-state index is 0.156. The lowest BCUT2D eigenvalue weighted by molar-refractivity contribution is -0.148. The average Bonchev–Trinajstić information content (AvgIpc) is 2.17. The number of ether oxygens (including phenoxy) is 1. The van der Waals surface area contributed by atoms with E-state index >= 15 is 0 Å². The number of aliphatic carboxylic acids is 1. The highest BCUT2D eigenvalue weighted by Crippen LogP contribution is 2.06. The summed E-state index contributed by atoms with van der Waals surface area (Å²) in [6, 6.07) is 0. The lowest BCUT2D eigenvalue weighted by Crippen LogP contribution is -2.47. The molecule has 1 fully saturated rings. The summed E-state index contributed by atoms with van der Waals surface area (Å²) in [5.41, 5.74) is 0. The third-order valence-corrected chi connectivity index (χ3v) is 2.00. The molecule has 0 aromatic heterocycles. The quantitative estimate of drug-likeness (QED) is 0.555. The van der Waals surface area contributed by atoms with Crippen molar-refractivity contribution in [3.8, 4) is 0 Å². The topological polar surface area (TPSA) is 87.1 Å². The number of hydrogen-bond acceptors (Lipinski definition) is 4. The van der Waals surface area contributed by atoms with Crippen molar-refractivity contribution in [2.24, 2.45) is 0 Å². The normalized spacial score (nSPS) is 22.1. The van der Waals surface area contributed by atoms with Crippen molar-refractivity contribution in [3.63, 3.8) is 0 Å². The maximum Gasteiger partial charge on any atom is 0.312 e. The van der Waals surface area contributed by atoms with E-state index in [-0.39, 0.29) is 19.3 Å². The lowest BCUT2D eigenvalue weighted by atomic mass is 10.2. The van der Waals surface area contributed by atoms with E-state index in [1.54, 1.807) is 0 Å². The molecule has 0 aromatic rings. The second-order valence-corrected chi connectivity index (χ2v) is 3.09. The maximum absolute atomic E-state index is 11.3. The van der Waals surface area contributed by atoms with Crippen LogP contribution < -0.4 is 0 Å².